The number of rotatable bonds is 10. The highest BCUT2D eigenvalue weighted by molar-refractivity contribution is 6.30. The number of amides is 1. The number of carbonyl (C=O) groups excluding carboxylic acids is 1. The Balaban J connectivity index is 1.41. The second-order valence-electron chi connectivity index (χ2n) is 10.4. The van der Waals surface area contributed by atoms with Crippen molar-refractivity contribution < 1.29 is 24.2 Å². The molecule has 6 nitrogen and oxygen atoms in total. The van der Waals surface area contributed by atoms with E-state index in [0.29, 0.717) is 22.3 Å². The van der Waals surface area contributed by atoms with Crippen molar-refractivity contribution >= 4 is 23.5 Å². The standard InChI is InChI=1S/C31H34ClNO5/c1-21(2)23-6-4-22(5-7-23)19-31(3)15-14-24-18-25(8-13-28(24)38-31)30(36)33(20-29(34)35)16-17-37-27-11-9-26(32)10-12-27/h4-13,18,21H,14-17,19-20H2,1-3H3,(H,34,35)/t31-/m1/s1. The number of halogens is 1. The number of benzene rings is 3. The normalized spacial score (nSPS) is 16.4. The lowest BCUT2D eigenvalue weighted by atomic mass is 9.86. The molecule has 1 heterocycles. The third-order valence-corrected chi connectivity index (χ3v) is 7.12. The average molecular weight is 536 g/mol. The summed E-state index contributed by atoms with van der Waals surface area (Å²) in [7, 11) is 0. The van der Waals surface area contributed by atoms with E-state index in [4.69, 9.17) is 21.1 Å². The van der Waals surface area contributed by atoms with E-state index in [1.165, 1.54) is 16.0 Å². The minimum absolute atomic E-state index is 0.134. The molecular weight excluding hydrogens is 502 g/mol. The van der Waals surface area contributed by atoms with Gasteiger partial charge in [-0.15, -0.1) is 0 Å². The first-order chi connectivity index (χ1) is 18.1. The number of fused-ring (bicyclic) bond motifs is 1. The van der Waals surface area contributed by atoms with Gasteiger partial charge in [-0.05, 0) is 84.8 Å². The highest BCUT2D eigenvalue weighted by atomic mass is 35.5. The van der Waals surface area contributed by atoms with Crippen molar-refractivity contribution in [3.8, 4) is 11.5 Å². The largest absolute Gasteiger partial charge is 0.492 e. The lowest BCUT2D eigenvalue weighted by Gasteiger charge is -2.36. The number of carbonyl (C=O) groups is 2. The Morgan fingerprint density at radius 3 is 2.45 bits per heavy atom. The van der Waals surface area contributed by atoms with Gasteiger partial charge in [0.05, 0.1) is 6.54 Å². The molecule has 0 saturated carbocycles. The van der Waals surface area contributed by atoms with Crippen LogP contribution in [0.5, 0.6) is 11.5 Å². The Morgan fingerprint density at radius 1 is 1.08 bits per heavy atom. The van der Waals surface area contributed by atoms with Gasteiger partial charge in [-0.3, -0.25) is 9.59 Å². The van der Waals surface area contributed by atoms with Crippen LogP contribution in [0.3, 0.4) is 0 Å². The van der Waals surface area contributed by atoms with Gasteiger partial charge in [0.25, 0.3) is 5.91 Å². The van der Waals surface area contributed by atoms with E-state index in [2.05, 4.69) is 45.0 Å². The van der Waals surface area contributed by atoms with Gasteiger partial charge >= 0.3 is 5.97 Å². The van der Waals surface area contributed by atoms with Crippen LogP contribution in [-0.2, 0) is 17.6 Å². The topological polar surface area (TPSA) is 76.1 Å². The van der Waals surface area contributed by atoms with Crippen LogP contribution in [0.25, 0.3) is 0 Å². The number of aryl methyl sites for hydroxylation is 1. The summed E-state index contributed by atoms with van der Waals surface area (Å²) in [5.74, 6) is 0.431. The molecule has 1 aliphatic rings. The van der Waals surface area contributed by atoms with Gasteiger partial charge in [-0.2, -0.15) is 0 Å². The molecule has 200 valence electrons. The first-order valence-corrected chi connectivity index (χ1v) is 13.3. The van der Waals surface area contributed by atoms with E-state index >= 15 is 0 Å². The predicted octanol–water partition coefficient (Wildman–Crippen LogP) is 6.40. The molecule has 0 saturated heterocycles. The van der Waals surface area contributed by atoms with Crippen LogP contribution in [0.15, 0.2) is 66.7 Å². The van der Waals surface area contributed by atoms with Crippen molar-refractivity contribution in [2.75, 3.05) is 19.7 Å². The zero-order valence-corrected chi connectivity index (χ0v) is 22.8. The molecule has 0 unspecified atom stereocenters. The first-order valence-electron chi connectivity index (χ1n) is 12.9. The minimum atomic E-state index is -1.08. The van der Waals surface area contributed by atoms with Gasteiger partial charge in [0.15, 0.2) is 0 Å². The zero-order chi connectivity index (χ0) is 27.3. The van der Waals surface area contributed by atoms with E-state index in [1.54, 1.807) is 30.3 Å². The Bertz CT molecular complexity index is 1270. The summed E-state index contributed by atoms with van der Waals surface area (Å²) in [4.78, 5) is 26.0. The van der Waals surface area contributed by atoms with Crippen LogP contribution in [-0.4, -0.2) is 47.2 Å². The molecule has 1 atom stereocenters. The van der Waals surface area contributed by atoms with Crippen LogP contribution >= 0.6 is 11.6 Å². The smallest absolute Gasteiger partial charge is 0.323 e. The molecule has 1 aliphatic heterocycles. The van der Waals surface area contributed by atoms with Crippen LogP contribution in [0.4, 0.5) is 0 Å². The van der Waals surface area contributed by atoms with Crippen LogP contribution in [0.1, 0.15) is 60.2 Å². The molecule has 38 heavy (non-hydrogen) atoms. The van der Waals surface area contributed by atoms with E-state index in [9.17, 15) is 14.7 Å². The van der Waals surface area contributed by atoms with Crippen LogP contribution in [0.2, 0.25) is 5.02 Å². The molecule has 1 N–H and O–H groups in total. The molecule has 1 amide bonds. The molecule has 0 spiro atoms. The molecule has 0 radical (unpaired) electrons. The number of carboxylic acids is 1. The number of aliphatic carboxylic acids is 1. The van der Waals surface area contributed by atoms with Crippen molar-refractivity contribution in [2.45, 2.75) is 51.6 Å². The highest BCUT2D eigenvalue weighted by Crippen LogP contribution is 2.36. The fourth-order valence-corrected chi connectivity index (χ4v) is 4.83. The Kier molecular flexibility index (Phi) is 8.62. The SMILES string of the molecule is CC(C)c1ccc(C[C@@]2(C)CCc3cc(C(=O)N(CCOc4ccc(Cl)cc4)CC(=O)O)ccc3O2)cc1. The lowest BCUT2D eigenvalue weighted by molar-refractivity contribution is -0.137. The summed E-state index contributed by atoms with van der Waals surface area (Å²) in [6.07, 6.45) is 2.39. The fourth-order valence-electron chi connectivity index (χ4n) is 4.70. The second kappa shape index (κ2) is 11.9. The lowest BCUT2D eigenvalue weighted by Crippen LogP contribution is -2.39. The molecule has 0 fully saturated rings. The Hall–Kier alpha value is -3.51. The number of nitrogens with zero attached hydrogens (tertiary/aromatic N) is 1. The molecule has 7 heteroatoms. The van der Waals surface area contributed by atoms with Crippen LogP contribution < -0.4 is 9.47 Å². The number of hydrogen-bond donors (Lipinski definition) is 1. The maximum atomic E-state index is 13.2. The average Bonchev–Trinajstić information content (AvgIpc) is 2.88. The summed E-state index contributed by atoms with van der Waals surface area (Å²) in [5, 5.41) is 9.96. The molecule has 4 rings (SSSR count). The van der Waals surface area contributed by atoms with Crippen molar-refractivity contribution in [1.29, 1.82) is 0 Å². The van der Waals surface area contributed by atoms with Gasteiger partial charge in [-0.1, -0.05) is 49.7 Å². The van der Waals surface area contributed by atoms with E-state index in [1.807, 2.05) is 12.1 Å². The van der Waals surface area contributed by atoms with Crippen LogP contribution in [0, 0.1) is 0 Å². The second-order valence-corrected chi connectivity index (χ2v) is 10.8. The van der Waals surface area contributed by atoms with E-state index < -0.39 is 12.5 Å². The highest BCUT2D eigenvalue weighted by Gasteiger charge is 2.32. The maximum absolute atomic E-state index is 13.2. The van der Waals surface area contributed by atoms with Crippen molar-refractivity contribution in [3.05, 3.63) is 94.0 Å². The van der Waals surface area contributed by atoms with Crippen molar-refractivity contribution in [1.82, 2.24) is 4.90 Å². The van der Waals surface area contributed by atoms with Crippen molar-refractivity contribution in [2.24, 2.45) is 0 Å². The monoisotopic (exact) mass is 535 g/mol. The third kappa shape index (κ3) is 7.07. The summed E-state index contributed by atoms with van der Waals surface area (Å²) in [6, 6.07) is 20.9. The van der Waals surface area contributed by atoms with Gasteiger partial charge in [0.2, 0.25) is 0 Å². The summed E-state index contributed by atoms with van der Waals surface area (Å²) in [6.45, 7) is 6.38. The van der Waals surface area contributed by atoms with Gasteiger partial charge < -0.3 is 19.5 Å². The molecule has 3 aromatic rings. The van der Waals surface area contributed by atoms with Gasteiger partial charge in [-0.25, -0.2) is 0 Å². The molecule has 3 aromatic carbocycles. The predicted molar refractivity (Wildman–Crippen MR) is 149 cm³/mol. The minimum Gasteiger partial charge on any atom is -0.492 e. The zero-order valence-electron chi connectivity index (χ0n) is 22.1. The third-order valence-electron chi connectivity index (χ3n) is 6.87. The molecular formula is C31H34ClNO5. The quantitative estimate of drug-likeness (QED) is 0.325. The molecule has 0 aromatic heterocycles. The van der Waals surface area contributed by atoms with E-state index in [-0.39, 0.29) is 24.7 Å². The fraction of sp³-hybridized carbons (Fsp3) is 0.355. The first kappa shape index (κ1) is 27.5. The maximum Gasteiger partial charge on any atom is 0.323 e. The molecule has 0 bridgehead atoms. The van der Waals surface area contributed by atoms with Gasteiger partial charge in [0, 0.05) is 17.0 Å². The molecule has 0 aliphatic carbocycles. The number of ether oxygens (including phenoxy) is 2. The number of carboxylic acid groups (broad SMARTS) is 1. The summed E-state index contributed by atoms with van der Waals surface area (Å²) >= 11 is 5.90. The Morgan fingerprint density at radius 2 is 1.79 bits per heavy atom. The summed E-state index contributed by atoms with van der Waals surface area (Å²) < 4.78 is 12.1. The number of hydrogen-bond acceptors (Lipinski definition) is 4. The van der Waals surface area contributed by atoms with Crippen molar-refractivity contribution in [3.63, 3.8) is 0 Å². The van der Waals surface area contributed by atoms with E-state index in [0.717, 1.165) is 30.6 Å². The summed E-state index contributed by atoms with van der Waals surface area (Å²) in [5.41, 5.74) is 3.60. The Labute approximate surface area is 229 Å². The van der Waals surface area contributed by atoms with Gasteiger partial charge in [0.1, 0.15) is 30.3 Å².